The summed E-state index contributed by atoms with van der Waals surface area (Å²) in [6.45, 7) is 0.771. The summed E-state index contributed by atoms with van der Waals surface area (Å²) in [7, 11) is 1.68. The highest BCUT2D eigenvalue weighted by Gasteiger charge is 1.99. The Kier molecular flexibility index (Phi) is 5.93. The molecule has 0 saturated heterocycles. The molecular formula is C17H19BrO2. The minimum absolute atomic E-state index is 0.771. The highest BCUT2D eigenvalue weighted by Crippen LogP contribution is 2.24. The van der Waals surface area contributed by atoms with Gasteiger partial charge < -0.3 is 9.47 Å². The van der Waals surface area contributed by atoms with Gasteiger partial charge in [0.05, 0.1) is 13.7 Å². The van der Waals surface area contributed by atoms with Crippen LogP contribution in [0.25, 0.3) is 11.1 Å². The van der Waals surface area contributed by atoms with Crippen LogP contribution in [-0.4, -0.2) is 19.0 Å². The van der Waals surface area contributed by atoms with E-state index in [4.69, 9.17) is 9.47 Å². The fourth-order valence-corrected chi connectivity index (χ4v) is 2.31. The van der Waals surface area contributed by atoms with Gasteiger partial charge in [-0.3, -0.25) is 0 Å². The van der Waals surface area contributed by atoms with E-state index in [-0.39, 0.29) is 0 Å². The molecule has 0 N–H and O–H groups in total. The molecule has 0 amide bonds. The predicted molar refractivity (Wildman–Crippen MR) is 87.0 cm³/mol. The quantitative estimate of drug-likeness (QED) is 0.528. The normalized spacial score (nSPS) is 10.3. The summed E-state index contributed by atoms with van der Waals surface area (Å²) in [6.07, 6.45) is 2.22. The van der Waals surface area contributed by atoms with Crippen LogP contribution in [0.1, 0.15) is 12.8 Å². The fourth-order valence-electron chi connectivity index (χ4n) is 1.91. The topological polar surface area (TPSA) is 18.5 Å². The second-order valence-corrected chi connectivity index (χ2v) is 5.29. The van der Waals surface area contributed by atoms with Crippen LogP contribution < -0.4 is 9.47 Å². The van der Waals surface area contributed by atoms with Gasteiger partial charge in [-0.25, -0.2) is 0 Å². The van der Waals surface area contributed by atoms with Crippen LogP contribution in [0.3, 0.4) is 0 Å². The second-order valence-electron chi connectivity index (χ2n) is 4.50. The monoisotopic (exact) mass is 334 g/mol. The van der Waals surface area contributed by atoms with Gasteiger partial charge in [0, 0.05) is 5.33 Å². The molecule has 3 heteroatoms. The van der Waals surface area contributed by atoms with Crippen molar-refractivity contribution in [3.8, 4) is 22.6 Å². The van der Waals surface area contributed by atoms with E-state index in [1.165, 1.54) is 11.1 Å². The van der Waals surface area contributed by atoms with Gasteiger partial charge in [0.15, 0.2) is 0 Å². The van der Waals surface area contributed by atoms with E-state index in [0.717, 1.165) is 36.3 Å². The molecular weight excluding hydrogens is 316 g/mol. The number of hydrogen-bond donors (Lipinski definition) is 0. The Bertz CT molecular complexity index is 506. The fraction of sp³-hybridized carbons (Fsp3) is 0.294. The third kappa shape index (κ3) is 4.27. The van der Waals surface area contributed by atoms with Gasteiger partial charge in [-0.1, -0.05) is 40.2 Å². The number of alkyl halides is 1. The third-order valence-electron chi connectivity index (χ3n) is 3.07. The standard InChI is InChI=1S/C17H19BrO2/c1-19-16-8-4-14(5-9-16)15-6-10-17(11-7-15)20-13-3-2-12-18/h4-11H,2-3,12-13H2,1H3. The van der Waals surface area contributed by atoms with Gasteiger partial charge in [0.2, 0.25) is 0 Å². The van der Waals surface area contributed by atoms with Crippen molar-refractivity contribution in [2.24, 2.45) is 0 Å². The van der Waals surface area contributed by atoms with Crippen molar-refractivity contribution in [3.63, 3.8) is 0 Å². The highest BCUT2D eigenvalue weighted by atomic mass is 79.9. The first-order valence-electron chi connectivity index (χ1n) is 6.77. The molecule has 2 aromatic rings. The molecule has 0 aliphatic rings. The summed E-state index contributed by atoms with van der Waals surface area (Å²) < 4.78 is 10.9. The van der Waals surface area contributed by atoms with Crippen LogP contribution in [0.15, 0.2) is 48.5 Å². The molecule has 20 heavy (non-hydrogen) atoms. The van der Waals surface area contributed by atoms with Gasteiger partial charge in [-0.2, -0.15) is 0 Å². The Balaban J connectivity index is 1.96. The highest BCUT2D eigenvalue weighted by molar-refractivity contribution is 9.09. The predicted octanol–water partition coefficient (Wildman–Crippen LogP) is 4.92. The summed E-state index contributed by atoms with van der Waals surface area (Å²) in [5.74, 6) is 1.80. The van der Waals surface area contributed by atoms with Crippen LogP contribution in [0.2, 0.25) is 0 Å². The van der Waals surface area contributed by atoms with E-state index in [9.17, 15) is 0 Å². The number of unbranched alkanes of at least 4 members (excludes halogenated alkanes) is 1. The van der Waals surface area contributed by atoms with Crippen molar-refractivity contribution < 1.29 is 9.47 Å². The summed E-state index contributed by atoms with van der Waals surface area (Å²) >= 11 is 3.42. The van der Waals surface area contributed by atoms with Gasteiger partial charge >= 0.3 is 0 Å². The maximum Gasteiger partial charge on any atom is 0.119 e. The van der Waals surface area contributed by atoms with Gasteiger partial charge in [-0.05, 0) is 48.2 Å². The second kappa shape index (κ2) is 7.95. The number of ether oxygens (including phenoxy) is 2. The van der Waals surface area contributed by atoms with Crippen LogP contribution in [0.5, 0.6) is 11.5 Å². The minimum atomic E-state index is 0.771. The summed E-state index contributed by atoms with van der Waals surface area (Å²) in [4.78, 5) is 0. The summed E-state index contributed by atoms with van der Waals surface area (Å²) in [5, 5.41) is 1.03. The van der Waals surface area contributed by atoms with Crippen molar-refractivity contribution in [1.82, 2.24) is 0 Å². The Labute approximate surface area is 128 Å². The molecule has 0 fully saturated rings. The first kappa shape index (κ1) is 14.9. The van der Waals surface area contributed by atoms with Crippen LogP contribution in [-0.2, 0) is 0 Å². The first-order valence-corrected chi connectivity index (χ1v) is 7.89. The van der Waals surface area contributed by atoms with Crippen molar-refractivity contribution in [2.45, 2.75) is 12.8 Å². The molecule has 0 saturated carbocycles. The van der Waals surface area contributed by atoms with Crippen molar-refractivity contribution in [3.05, 3.63) is 48.5 Å². The Morgan fingerprint density at radius 3 is 1.85 bits per heavy atom. The zero-order valence-electron chi connectivity index (χ0n) is 11.6. The van der Waals surface area contributed by atoms with E-state index >= 15 is 0 Å². The van der Waals surface area contributed by atoms with Crippen molar-refractivity contribution in [1.29, 1.82) is 0 Å². The Morgan fingerprint density at radius 2 is 1.35 bits per heavy atom. The van der Waals surface area contributed by atoms with Crippen LogP contribution in [0.4, 0.5) is 0 Å². The van der Waals surface area contributed by atoms with E-state index in [0.29, 0.717) is 0 Å². The Morgan fingerprint density at radius 1 is 0.800 bits per heavy atom. The third-order valence-corrected chi connectivity index (χ3v) is 3.64. The molecule has 0 atom stereocenters. The van der Waals surface area contributed by atoms with Crippen LogP contribution >= 0.6 is 15.9 Å². The molecule has 0 aromatic heterocycles. The molecule has 0 bridgehead atoms. The molecule has 106 valence electrons. The maximum absolute atomic E-state index is 5.69. The lowest BCUT2D eigenvalue weighted by atomic mass is 10.1. The number of halogens is 1. The van der Waals surface area contributed by atoms with Crippen molar-refractivity contribution >= 4 is 15.9 Å². The zero-order valence-corrected chi connectivity index (χ0v) is 13.2. The number of hydrogen-bond acceptors (Lipinski definition) is 2. The molecule has 2 nitrogen and oxygen atoms in total. The van der Waals surface area contributed by atoms with E-state index in [1.807, 2.05) is 24.3 Å². The van der Waals surface area contributed by atoms with Crippen LogP contribution in [0, 0.1) is 0 Å². The van der Waals surface area contributed by atoms with Crippen molar-refractivity contribution in [2.75, 3.05) is 19.0 Å². The first-order chi connectivity index (χ1) is 9.83. The molecule has 0 unspecified atom stereocenters. The lowest BCUT2D eigenvalue weighted by Gasteiger charge is -2.07. The van der Waals surface area contributed by atoms with Gasteiger partial charge in [0.25, 0.3) is 0 Å². The molecule has 0 heterocycles. The van der Waals surface area contributed by atoms with E-state index in [2.05, 4.69) is 40.2 Å². The number of methoxy groups -OCH3 is 1. The van der Waals surface area contributed by atoms with E-state index in [1.54, 1.807) is 7.11 Å². The summed E-state index contributed by atoms with van der Waals surface area (Å²) in [6, 6.07) is 16.3. The lowest BCUT2D eigenvalue weighted by Crippen LogP contribution is -1.97. The number of benzene rings is 2. The average Bonchev–Trinajstić information content (AvgIpc) is 2.52. The maximum atomic E-state index is 5.69. The minimum Gasteiger partial charge on any atom is -0.497 e. The lowest BCUT2D eigenvalue weighted by molar-refractivity contribution is 0.310. The molecule has 2 rings (SSSR count). The SMILES string of the molecule is COc1ccc(-c2ccc(OCCCCBr)cc2)cc1. The Hall–Kier alpha value is -1.48. The van der Waals surface area contributed by atoms with Gasteiger partial charge in [0.1, 0.15) is 11.5 Å². The average molecular weight is 335 g/mol. The zero-order chi connectivity index (χ0) is 14.2. The molecule has 0 radical (unpaired) electrons. The molecule has 2 aromatic carbocycles. The molecule has 0 spiro atoms. The summed E-state index contributed by atoms with van der Waals surface area (Å²) in [5.41, 5.74) is 2.36. The molecule has 0 aliphatic carbocycles. The number of rotatable bonds is 7. The molecule has 0 aliphatic heterocycles. The van der Waals surface area contributed by atoms with Gasteiger partial charge in [-0.15, -0.1) is 0 Å². The smallest absolute Gasteiger partial charge is 0.119 e. The largest absolute Gasteiger partial charge is 0.497 e. The van der Waals surface area contributed by atoms with E-state index < -0.39 is 0 Å².